The predicted octanol–water partition coefficient (Wildman–Crippen LogP) is 13.6. The predicted molar refractivity (Wildman–Crippen MR) is 252 cm³/mol. The maximum absolute atomic E-state index is 13.4. The molecule has 0 amide bonds. The van der Waals surface area contributed by atoms with Gasteiger partial charge in [-0.25, -0.2) is 4.98 Å². The van der Waals surface area contributed by atoms with Crippen LogP contribution in [0.2, 0.25) is 0 Å². The minimum absolute atomic E-state index is 0.0549. The molecule has 324 valence electrons. The Bertz CT molecular complexity index is 2210. The van der Waals surface area contributed by atoms with Gasteiger partial charge in [0.1, 0.15) is 12.2 Å². The van der Waals surface area contributed by atoms with Crippen molar-refractivity contribution in [3.63, 3.8) is 0 Å². The SMILES string of the molecule is CCc1cc2cc3cc(C)c(cc4nc(c(C(C=O)C(=O)OC)c5nc(cc1[nH]2)C(C)=C5)C(CCC(=S)O/C=C(\C)CCCC(C)CCCC(C)CCCC(C)C)C4C)[nH]3. The summed E-state index contributed by atoms with van der Waals surface area (Å²) in [6, 6.07) is 10.6. The normalized spacial score (nSPS) is 17.0. The zero-order valence-corrected chi connectivity index (χ0v) is 38.8. The molecule has 60 heavy (non-hydrogen) atoms. The van der Waals surface area contributed by atoms with E-state index in [1.807, 2.05) is 25.3 Å². The average Bonchev–Trinajstić information content (AvgIpc) is 3.95. The zero-order chi connectivity index (χ0) is 43.5. The number of carbonyl (C=O) groups is 2. The summed E-state index contributed by atoms with van der Waals surface area (Å²) in [6.07, 6.45) is 17.7. The highest BCUT2D eigenvalue weighted by atomic mass is 32.1. The molecule has 0 saturated carbocycles. The Labute approximate surface area is 364 Å². The number of carbonyl (C=O) groups excluding carboxylic acids is 2. The Morgan fingerprint density at radius 2 is 1.55 bits per heavy atom. The van der Waals surface area contributed by atoms with Crippen LogP contribution in [0, 0.1) is 24.7 Å². The fraction of sp³-hybridized carbons (Fsp3) is 0.549. The lowest BCUT2D eigenvalue weighted by atomic mass is 9.83. The number of aldehydes is 1. The van der Waals surface area contributed by atoms with E-state index in [2.05, 4.69) is 89.6 Å². The summed E-state index contributed by atoms with van der Waals surface area (Å²) < 4.78 is 11.3. The van der Waals surface area contributed by atoms with Gasteiger partial charge >= 0.3 is 5.97 Å². The molecule has 2 aliphatic rings. The molecule has 3 aromatic rings. The van der Waals surface area contributed by atoms with E-state index in [1.165, 1.54) is 63.2 Å². The first kappa shape index (κ1) is 46.7. The van der Waals surface area contributed by atoms with Crippen LogP contribution in [0.25, 0.3) is 33.7 Å². The van der Waals surface area contributed by atoms with Crippen LogP contribution < -0.4 is 0 Å². The number of aromatic amines is 2. The van der Waals surface area contributed by atoms with Crippen molar-refractivity contribution in [2.45, 2.75) is 157 Å². The number of allylic oxidation sites excluding steroid dienone is 2. The van der Waals surface area contributed by atoms with Crippen LogP contribution in [0.4, 0.5) is 0 Å². The van der Waals surface area contributed by atoms with Gasteiger partial charge in [0.2, 0.25) is 0 Å². The Morgan fingerprint density at radius 1 is 0.883 bits per heavy atom. The number of nitrogens with one attached hydrogen (secondary N) is 2. The summed E-state index contributed by atoms with van der Waals surface area (Å²) in [6.45, 7) is 19.9. The lowest BCUT2D eigenvalue weighted by molar-refractivity contribution is -0.143. The van der Waals surface area contributed by atoms with Gasteiger partial charge < -0.3 is 24.2 Å². The van der Waals surface area contributed by atoms with Crippen LogP contribution in [0.15, 0.2) is 42.2 Å². The molecule has 2 N–H and O–H groups in total. The van der Waals surface area contributed by atoms with Crippen molar-refractivity contribution in [2.75, 3.05) is 7.11 Å². The van der Waals surface area contributed by atoms with Crippen LogP contribution >= 0.6 is 12.2 Å². The number of fused-ring (bicyclic) bond motifs is 8. The van der Waals surface area contributed by atoms with Crippen LogP contribution in [-0.2, 0) is 25.5 Å². The maximum Gasteiger partial charge on any atom is 0.320 e. The first-order valence-corrected chi connectivity index (χ1v) is 22.9. The largest absolute Gasteiger partial charge is 0.468 e. The number of hydrogen-bond acceptors (Lipinski definition) is 7. The number of aromatic nitrogens is 4. The van der Waals surface area contributed by atoms with Crippen LogP contribution in [0.5, 0.6) is 0 Å². The van der Waals surface area contributed by atoms with Crippen LogP contribution in [-0.4, -0.2) is 44.4 Å². The van der Waals surface area contributed by atoms with Crippen molar-refractivity contribution in [1.29, 1.82) is 0 Å². The van der Waals surface area contributed by atoms with E-state index >= 15 is 0 Å². The van der Waals surface area contributed by atoms with Crippen molar-refractivity contribution >= 4 is 63.2 Å². The Hall–Kier alpha value is -4.37. The highest BCUT2D eigenvalue weighted by Gasteiger charge is 2.37. The fourth-order valence-corrected chi connectivity index (χ4v) is 8.96. The van der Waals surface area contributed by atoms with E-state index in [9.17, 15) is 9.59 Å². The minimum Gasteiger partial charge on any atom is -0.468 e. The fourth-order valence-electron chi connectivity index (χ4n) is 8.79. The number of H-pyrrole nitrogens is 2. The molecular formula is C51H70N4O4S. The van der Waals surface area contributed by atoms with Crippen molar-refractivity contribution in [1.82, 2.24) is 19.9 Å². The molecule has 0 fully saturated rings. The average molecular weight is 835 g/mol. The molecule has 5 atom stereocenters. The number of aryl methyl sites for hydroxylation is 2. The maximum atomic E-state index is 13.4. The molecule has 9 heteroatoms. The molecule has 2 aliphatic heterocycles. The topological polar surface area (TPSA) is 110 Å². The standard InChI is InChI=1S/C51H70N4O4S/c1-11-38-25-40-26-39-23-35(7)43(52-39)27-45-37(9)41(50(55-45)49(42(29-56)51(57)58-10)47-24-36(8)44(54-47)28-46(38)53-40)21-22-48(60)59-30-34(6)20-14-19-33(5)18-13-17-32(4)16-12-15-31(2)3/h23-33,37,41-42,52-53H,11-22H2,1-10H3/b34-30+,39-26?,40-26?,43-27?,44-28?,45-27?,46-28?,49-47?,50-49?. The number of rotatable bonds is 20. The third-order valence-corrected chi connectivity index (χ3v) is 12.9. The van der Waals surface area contributed by atoms with Gasteiger partial charge in [-0.1, -0.05) is 86.5 Å². The van der Waals surface area contributed by atoms with Gasteiger partial charge in [-0.15, -0.1) is 0 Å². The van der Waals surface area contributed by atoms with E-state index in [-0.39, 0.29) is 11.8 Å². The zero-order valence-electron chi connectivity index (χ0n) is 38.0. The molecule has 0 spiro atoms. The van der Waals surface area contributed by atoms with E-state index < -0.39 is 11.9 Å². The summed E-state index contributed by atoms with van der Waals surface area (Å²) in [5.41, 5.74) is 11.5. The number of nitrogens with zero attached hydrogens (tertiary/aromatic N) is 2. The summed E-state index contributed by atoms with van der Waals surface area (Å²) >= 11 is 5.81. The molecule has 0 aliphatic carbocycles. The molecule has 3 aromatic heterocycles. The van der Waals surface area contributed by atoms with E-state index in [1.54, 1.807) is 0 Å². The number of ether oxygens (including phenoxy) is 2. The first-order chi connectivity index (χ1) is 28.7. The first-order valence-electron chi connectivity index (χ1n) is 22.5. The number of esters is 1. The molecule has 8 nitrogen and oxygen atoms in total. The van der Waals surface area contributed by atoms with Crippen molar-refractivity contribution in [3.8, 4) is 0 Å². The van der Waals surface area contributed by atoms with Gasteiger partial charge in [0.15, 0.2) is 5.05 Å². The van der Waals surface area contributed by atoms with Gasteiger partial charge in [-0.05, 0) is 135 Å². The monoisotopic (exact) mass is 835 g/mol. The second-order valence-electron chi connectivity index (χ2n) is 18.2. The van der Waals surface area contributed by atoms with E-state index in [4.69, 9.17) is 31.7 Å². The van der Waals surface area contributed by atoms with Gasteiger partial charge in [0.05, 0.1) is 30.5 Å². The lowest BCUT2D eigenvalue weighted by Gasteiger charge is -2.20. The molecule has 8 bridgehead atoms. The van der Waals surface area contributed by atoms with E-state index in [0.717, 1.165) is 81.6 Å². The summed E-state index contributed by atoms with van der Waals surface area (Å²) in [5.74, 6) is 0.270. The Kier molecular flexibility index (Phi) is 17.1. The second kappa shape index (κ2) is 21.9. The molecule has 0 saturated heterocycles. The lowest BCUT2D eigenvalue weighted by Crippen LogP contribution is -2.20. The van der Waals surface area contributed by atoms with Crippen molar-refractivity contribution in [2.24, 2.45) is 17.8 Å². The summed E-state index contributed by atoms with van der Waals surface area (Å²) in [5, 5.41) is 0.505. The van der Waals surface area contributed by atoms with Crippen LogP contribution in [0.3, 0.4) is 0 Å². The van der Waals surface area contributed by atoms with Gasteiger partial charge in [0, 0.05) is 51.6 Å². The summed E-state index contributed by atoms with van der Waals surface area (Å²) in [7, 11) is 1.31. The Morgan fingerprint density at radius 3 is 2.22 bits per heavy atom. The molecule has 5 heterocycles. The minimum atomic E-state index is -1.21. The van der Waals surface area contributed by atoms with E-state index in [0.29, 0.717) is 41.1 Å². The number of methoxy groups -OCH3 is 1. The summed E-state index contributed by atoms with van der Waals surface area (Å²) in [4.78, 5) is 43.8. The smallest absolute Gasteiger partial charge is 0.320 e. The van der Waals surface area contributed by atoms with Crippen molar-refractivity contribution in [3.05, 3.63) is 81.6 Å². The third-order valence-electron chi connectivity index (χ3n) is 12.6. The third kappa shape index (κ3) is 12.4. The number of thiocarbonyl (C=S) groups is 1. The van der Waals surface area contributed by atoms with Gasteiger partial charge in [-0.2, -0.15) is 0 Å². The highest BCUT2D eigenvalue weighted by molar-refractivity contribution is 7.80. The van der Waals surface area contributed by atoms with Gasteiger partial charge in [-0.3, -0.25) is 9.78 Å². The second-order valence-corrected chi connectivity index (χ2v) is 18.7. The molecule has 0 aromatic carbocycles. The Balaban J connectivity index is 1.37. The van der Waals surface area contributed by atoms with Crippen LogP contribution in [0.1, 0.15) is 183 Å². The highest BCUT2D eigenvalue weighted by Crippen LogP contribution is 2.44. The van der Waals surface area contributed by atoms with Gasteiger partial charge in [0.25, 0.3) is 0 Å². The molecule has 0 radical (unpaired) electrons. The quantitative estimate of drug-likeness (QED) is 0.0383. The molecule has 5 unspecified atom stereocenters. The number of hydrogen-bond donors (Lipinski definition) is 2. The molecular weight excluding hydrogens is 765 g/mol. The molecule has 5 rings (SSSR count). The van der Waals surface area contributed by atoms with Crippen molar-refractivity contribution < 1.29 is 19.1 Å².